The van der Waals surface area contributed by atoms with E-state index in [4.69, 9.17) is 5.14 Å². The summed E-state index contributed by atoms with van der Waals surface area (Å²) in [5.74, 6) is 0.925. The molecule has 1 unspecified atom stereocenters. The summed E-state index contributed by atoms with van der Waals surface area (Å²) in [6.07, 6.45) is 8.95. The third-order valence-electron chi connectivity index (χ3n) is 1.54. The van der Waals surface area contributed by atoms with Gasteiger partial charge in [-0.1, -0.05) is 6.92 Å². The largest absolute Gasteiger partial charge is 0.316 e. The van der Waals surface area contributed by atoms with Crippen molar-refractivity contribution in [3.63, 3.8) is 0 Å². The first-order valence-electron chi connectivity index (χ1n) is 4.56. The molecule has 0 aromatic carbocycles. The molecule has 0 bridgehead atoms. The Balaban J connectivity index is 0.000000217. The third-order valence-corrected chi connectivity index (χ3v) is 1.54. The van der Waals surface area contributed by atoms with Crippen LogP contribution < -0.4 is 10.5 Å². The lowest BCUT2D eigenvalue weighted by molar-refractivity contribution is 0.405. The molecule has 76 valence electrons. The predicted octanol–water partition coefficient (Wildman–Crippen LogP) is 1.56. The van der Waals surface area contributed by atoms with Crippen LogP contribution in [-0.4, -0.2) is 31.9 Å². The van der Waals surface area contributed by atoms with Crippen molar-refractivity contribution < 1.29 is 0 Å². The molecule has 3 N–H and O–H groups in total. The first-order valence-corrected chi connectivity index (χ1v) is 7.48. The van der Waals surface area contributed by atoms with Gasteiger partial charge in [0.05, 0.1) is 0 Å². The predicted molar refractivity (Wildman–Crippen MR) is 60.8 cm³/mol. The molecule has 0 aromatic heterocycles. The van der Waals surface area contributed by atoms with Gasteiger partial charge in [-0.2, -0.15) is 0 Å². The smallest absolute Gasteiger partial charge is 0.00231 e. The van der Waals surface area contributed by atoms with Crippen molar-refractivity contribution in [2.24, 2.45) is 11.1 Å². The molecular formula is C9H24N2S. The highest BCUT2D eigenvalue weighted by Gasteiger charge is 2.04. The Bertz CT molecular complexity index is 97.6. The van der Waals surface area contributed by atoms with Crippen LogP contribution in [0.4, 0.5) is 0 Å². The second-order valence-corrected chi connectivity index (χ2v) is 8.25. The highest BCUT2D eigenvalue weighted by Crippen LogP contribution is 2.21. The Kier molecular flexibility index (Phi) is 5.97. The third kappa shape index (κ3) is 12.9. The van der Waals surface area contributed by atoms with Crippen molar-refractivity contribution in [2.45, 2.75) is 19.8 Å². The molecule has 1 fully saturated rings. The summed E-state index contributed by atoms with van der Waals surface area (Å²) >= 11 is 0. The van der Waals surface area contributed by atoms with E-state index in [1.807, 2.05) is 18.8 Å². The maximum absolute atomic E-state index is 5.44. The van der Waals surface area contributed by atoms with Crippen LogP contribution in [0.15, 0.2) is 0 Å². The monoisotopic (exact) mass is 192 g/mol. The van der Waals surface area contributed by atoms with Gasteiger partial charge in [-0.05, 0) is 50.6 Å². The molecule has 0 amide bonds. The zero-order chi connectivity index (χ0) is 9.61. The topological polar surface area (TPSA) is 38.0 Å². The maximum Gasteiger partial charge on any atom is -0.00231 e. The molecule has 12 heavy (non-hydrogen) atoms. The number of nitrogens with one attached hydrogen (secondary N) is 1. The lowest BCUT2D eigenvalue weighted by Gasteiger charge is -2.17. The van der Waals surface area contributed by atoms with Gasteiger partial charge in [-0.15, -0.1) is 0 Å². The quantitative estimate of drug-likeness (QED) is 0.611. The van der Waals surface area contributed by atoms with Gasteiger partial charge in [0.1, 0.15) is 0 Å². The Hall–Kier alpha value is 0.270. The summed E-state index contributed by atoms with van der Waals surface area (Å²) in [6.45, 7) is 4.77. The SMILES string of the molecule is CC1CCCNC1.CS(C)(C)N. The van der Waals surface area contributed by atoms with Gasteiger partial charge in [-0.25, -0.2) is 10.2 Å². The molecule has 1 aliphatic heterocycles. The summed E-state index contributed by atoms with van der Waals surface area (Å²) in [7, 11) is -0.667. The van der Waals surface area contributed by atoms with Crippen molar-refractivity contribution in [1.29, 1.82) is 0 Å². The molecule has 0 radical (unpaired) electrons. The molecule has 1 aliphatic rings. The van der Waals surface area contributed by atoms with E-state index in [9.17, 15) is 0 Å². The average molecular weight is 192 g/mol. The molecule has 0 aromatic rings. The van der Waals surface area contributed by atoms with E-state index < -0.39 is 10.2 Å². The van der Waals surface area contributed by atoms with Crippen LogP contribution in [0.25, 0.3) is 0 Å². The van der Waals surface area contributed by atoms with E-state index >= 15 is 0 Å². The standard InChI is InChI=1S/C6H13N.C3H11NS/c1-6-3-2-4-7-5-6;1-5(2,3)4/h6-7H,2-5H2,1H3;4H2,1-3H3. The zero-order valence-corrected chi connectivity index (χ0v) is 9.71. The van der Waals surface area contributed by atoms with Crippen molar-refractivity contribution in [3.8, 4) is 0 Å². The van der Waals surface area contributed by atoms with Crippen LogP contribution in [-0.2, 0) is 0 Å². The fourth-order valence-corrected chi connectivity index (χ4v) is 1.03. The molecule has 1 heterocycles. The Morgan fingerprint density at radius 2 is 1.83 bits per heavy atom. The highest BCUT2D eigenvalue weighted by molar-refractivity contribution is 8.30. The highest BCUT2D eigenvalue weighted by atomic mass is 32.3. The zero-order valence-electron chi connectivity index (χ0n) is 8.89. The Labute approximate surface area is 78.7 Å². The number of piperidine rings is 1. The maximum atomic E-state index is 5.44. The van der Waals surface area contributed by atoms with Crippen LogP contribution in [0.2, 0.25) is 0 Å². The molecule has 3 heteroatoms. The summed E-state index contributed by atoms with van der Waals surface area (Å²) in [4.78, 5) is 0. The summed E-state index contributed by atoms with van der Waals surface area (Å²) in [5.41, 5.74) is 0. The van der Waals surface area contributed by atoms with Gasteiger partial charge in [-0.3, -0.25) is 5.14 Å². The molecule has 2 nitrogen and oxygen atoms in total. The molecular weight excluding hydrogens is 168 g/mol. The number of rotatable bonds is 0. The van der Waals surface area contributed by atoms with E-state index in [1.54, 1.807) is 0 Å². The van der Waals surface area contributed by atoms with Gasteiger partial charge in [0.25, 0.3) is 0 Å². The molecule has 1 atom stereocenters. The van der Waals surface area contributed by atoms with E-state index in [0.29, 0.717) is 0 Å². The second kappa shape index (κ2) is 5.84. The lowest BCUT2D eigenvalue weighted by atomic mass is 10.0. The van der Waals surface area contributed by atoms with Gasteiger partial charge < -0.3 is 5.32 Å². The molecule has 0 spiro atoms. The van der Waals surface area contributed by atoms with E-state index in [1.165, 1.54) is 25.9 Å². The lowest BCUT2D eigenvalue weighted by Crippen LogP contribution is -2.27. The first kappa shape index (κ1) is 12.3. The average Bonchev–Trinajstić information content (AvgIpc) is 1.85. The van der Waals surface area contributed by atoms with Gasteiger partial charge in [0, 0.05) is 0 Å². The van der Waals surface area contributed by atoms with Crippen LogP contribution in [0, 0.1) is 5.92 Å². The Morgan fingerprint density at radius 1 is 1.33 bits per heavy atom. The summed E-state index contributed by atoms with van der Waals surface area (Å²) in [5, 5.41) is 8.77. The minimum atomic E-state index is -0.667. The number of nitrogens with two attached hydrogens (primary N) is 1. The summed E-state index contributed by atoms with van der Waals surface area (Å²) < 4.78 is 0. The normalized spacial score (nSPS) is 25.6. The van der Waals surface area contributed by atoms with E-state index in [-0.39, 0.29) is 0 Å². The van der Waals surface area contributed by atoms with E-state index in [0.717, 1.165) is 5.92 Å². The van der Waals surface area contributed by atoms with Crippen molar-refractivity contribution in [1.82, 2.24) is 5.32 Å². The minimum Gasteiger partial charge on any atom is -0.316 e. The van der Waals surface area contributed by atoms with Crippen molar-refractivity contribution in [3.05, 3.63) is 0 Å². The van der Waals surface area contributed by atoms with E-state index in [2.05, 4.69) is 12.2 Å². The van der Waals surface area contributed by atoms with Crippen LogP contribution in [0.1, 0.15) is 19.8 Å². The fourth-order valence-electron chi connectivity index (χ4n) is 1.03. The molecule has 0 aliphatic carbocycles. The first-order chi connectivity index (χ1) is 5.39. The molecule has 0 saturated carbocycles. The van der Waals surface area contributed by atoms with Gasteiger partial charge in [0.15, 0.2) is 0 Å². The van der Waals surface area contributed by atoms with Crippen molar-refractivity contribution in [2.75, 3.05) is 31.9 Å². The van der Waals surface area contributed by atoms with Gasteiger partial charge in [0.2, 0.25) is 0 Å². The fraction of sp³-hybridized carbons (Fsp3) is 1.00. The number of hydrogen-bond donors (Lipinski definition) is 2. The number of hydrogen-bond acceptors (Lipinski definition) is 2. The second-order valence-electron chi connectivity index (χ2n) is 4.38. The van der Waals surface area contributed by atoms with Crippen molar-refractivity contribution >= 4 is 10.2 Å². The van der Waals surface area contributed by atoms with Crippen LogP contribution in [0.3, 0.4) is 0 Å². The van der Waals surface area contributed by atoms with Gasteiger partial charge >= 0.3 is 0 Å². The Morgan fingerprint density at radius 3 is 2.00 bits per heavy atom. The molecule has 1 rings (SSSR count). The minimum absolute atomic E-state index is 0.667. The van der Waals surface area contributed by atoms with Crippen LogP contribution >= 0.6 is 10.2 Å². The van der Waals surface area contributed by atoms with Crippen LogP contribution in [0.5, 0.6) is 0 Å². The summed E-state index contributed by atoms with van der Waals surface area (Å²) in [6, 6.07) is 0. The molecule has 1 saturated heterocycles.